The van der Waals surface area contributed by atoms with Crippen LogP contribution in [0.3, 0.4) is 0 Å². The topological polar surface area (TPSA) is 24.9 Å². The lowest BCUT2D eigenvalue weighted by Crippen LogP contribution is -1.99. The molecule has 1 heterocycles. The normalized spacial score (nSPS) is 10.6. The van der Waals surface area contributed by atoms with Gasteiger partial charge < -0.3 is 5.32 Å². The number of thiazole rings is 1. The highest BCUT2D eigenvalue weighted by Crippen LogP contribution is 2.21. The van der Waals surface area contributed by atoms with E-state index < -0.39 is 5.82 Å². The molecule has 0 unspecified atom stereocenters. The molecule has 0 aliphatic carbocycles. The van der Waals surface area contributed by atoms with Gasteiger partial charge in [0.2, 0.25) is 0 Å². The van der Waals surface area contributed by atoms with Crippen LogP contribution in [0.2, 0.25) is 5.02 Å². The van der Waals surface area contributed by atoms with Crippen LogP contribution in [0.5, 0.6) is 0 Å². The van der Waals surface area contributed by atoms with Crippen molar-refractivity contribution in [3.05, 3.63) is 44.6 Å². The fraction of sp³-hybridized carbons (Fsp3) is 0.250. The van der Waals surface area contributed by atoms with Gasteiger partial charge in [0, 0.05) is 10.6 Å². The molecular formula is C12H12ClFN2S. The lowest BCUT2D eigenvalue weighted by Gasteiger charge is -2.05. The summed E-state index contributed by atoms with van der Waals surface area (Å²) in [6.07, 6.45) is 0. The van der Waals surface area contributed by atoms with Crippen LogP contribution in [-0.4, -0.2) is 4.98 Å². The van der Waals surface area contributed by atoms with Gasteiger partial charge in [-0.05, 0) is 32.0 Å². The predicted octanol–water partition coefficient (Wildman–Crippen LogP) is 4.16. The van der Waals surface area contributed by atoms with Crippen LogP contribution in [-0.2, 0) is 6.54 Å². The second-order valence-electron chi connectivity index (χ2n) is 3.72. The first-order valence-electron chi connectivity index (χ1n) is 5.18. The first-order chi connectivity index (χ1) is 8.06. The number of halogens is 2. The Morgan fingerprint density at radius 2 is 2.18 bits per heavy atom. The largest absolute Gasteiger partial charge is 0.380 e. The van der Waals surface area contributed by atoms with Gasteiger partial charge in [0.05, 0.1) is 22.3 Å². The summed E-state index contributed by atoms with van der Waals surface area (Å²) >= 11 is 7.26. The Bertz CT molecular complexity index is 539. The Hall–Kier alpha value is -1.13. The number of rotatable bonds is 3. The number of aryl methyl sites for hydroxylation is 2. The van der Waals surface area contributed by atoms with Crippen LogP contribution < -0.4 is 5.32 Å². The highest BCUT2D eigenvalue weighted by Gasteiger charge is 2.05. The number of hydrogen-bond donors (Lipinski definition) is 1. The molecule has 0 saturated carbocycles. The molecule has 1 aromatic carbocycles. The summed E-state index contributed by atoms with van der Waals surface area (Å²) in [6, 6.07) is 4.70. The molecule has 1 aromatic heterocycles. The predicted molar refractivity (Wildman–Crippen MR) is 70.3 cm³/mol. The molecule has 0 spiro atoms. The summed E-state index contributed by atoms with van der Waals surface area (Å²) < 4.78 is 13.2. The second-order valence-corrected chi connectivity index (χ2v) is 5.42. The van der Waals surface area contributed by atoms with Gasteiger partial charge in [-0.15, -0.1) is 11.3 Å². The highest BCUT2D eigenvalue weighted by atomic mass is 35.5. The summed E-state index contributed by atoms with van der Waals surface area (Å²) in [7, 11) is 0. The summed E-state index contributed by atoms with van der Waals surface area (Å²) in [5, 5.41) is 4.34. The van der Waals surface area contributed by atoms with Gasteiger partial charge in [0.15, 0.2) is 0 Å². The van der Waals surface area contributed by atoms with Crippen molar-refractivity contribution in [1.82, 2.24) is 4.98 Å². The molecule has 17 heavy (non-hydrogen) atoms. The zero-order valence-electron chi connectivity index (χ0n) is 9.55. The van der Waals surface area contributed by atoms with Crippen molar-refractivity contribution in [1.29, 1.82) is 0 Å². The van der Waals surface area contributed by atoms with Crippen LogP contribution in [0.1, 0.15) is 15.6 Å². The van der Waals surface area contributed by atoms with Crippen molar-refractivity contribution in [2.45, 2.75) is 20.4 Å². The molecule has 0 fully saturated rings. The first kappa shape index (κ1) is 12.3. The number of anilines is 1. The monoisotopic (exact) mass is 270 g/mol. The van der Waals surface area contributed by atoms with Crippen molar-refractivity contribution in [3.63, 3.8) is 0 Å². The maximum absolute atomic E-state index is 13.2. The lowest BCUT2D eigenvalue weighted by atomic mass is 10.3. The molecule has 5 heteroatoms. The molecule has 0 amide bonds. The van der Waals surface area contributed by atoms with Crippen LogP contribution in [0.15, 0.2) is 18.2 Å². The Morgan fingerprint density at radius 1 is 1.41 bits per heavy atom. The van der Waals surface area contributed by atoms with Gasteiger partial charge >= 0.3 is 0 Å². The van der Waals surface area contributed by atoms with E-state index in [-0.39, 0.29) is 5.02 Å². The zero-order valence-corrected chi connectivity index (χ0v) is 11.1. The third-order valence-corrected chi connectivity index (χ3v) is 3.75. The number of benzene rings is 1. The summed E-state index contributed by atoms with van der Waals surface area (Å²) in [4.78, 5) is 5.50. The van der Waals surface area contributed by atoms with E-state index in [4.69, 9.17) is 11.6 Å². The van der Waals surface area contributed by atoms with Crippen LogP contribution >= 0.6 is 22.9 Å². The third kappa shape index (κ3) is 2.96. The van der Waals surface area contributed by atoms with E-state index in [0.29, 0.717) is 6.54 Å². The third-order valence-electron chi connectivity index (χ3n) is 2.37. The summed E-state index contributed by atoms with van der Waals surface area (Å²) in [5.41, 5.74) is 1.74. The molecule has 0 aliphatic rings. The molecule has 2 nitrogen and oxygen atoms in total. The van der Waals surface area contributed by atoms with Crippen molar-refractivity contribution >= 4 is 28.6 Å². The molecule has 0 atom stereocenters. The van der Waals surface area contributed by atoms with Crippen molar-refractivity contribution in [2.24, 2.45) is 0 Å². The molecule has 2 aromatic rings. The Kier molecular flexibility index (Phi) is 3.64. The number of hydrogen-bond acceptors (Lipinski definition) is 3. The highest BCUT2D eigenvalue weighted by molar-refractivity contribution is 7.11. The minimum atomic E-state index is -0.408. The number of nitrogens with one attached hydrogen (secondary N) is 1. The van der Waals surface area contributed by atoms with Gasteiger partial charge in [-0.25, -0.2) is 9.37 Å². The maximum atomic E-state index is 13.2. The maximum Gasteiger partial charge on any atom is 0.143 e. The average Bonchev–Trinajstić information content (AvgIpc) is 2.59. The smallest absolute Gasteiger partial charge is 0.143 e. The van der Waals surface area contributed by atoms with E-state index in [1.165, 1.54) is 6.07 Å². The molecule has 2 rings (SSSR count). The van der Waals surface area contributed by atoms with Crippen LogP contribution in [0, 0.1) is 19.7 Å². The van der Waals surface area contributed by atoms with Gasteiger partial charge in [0.1, 0.15) is 5.82 Å². The second kappa shape index (κ2) is 5.02. The van der Waals surface area contributed by atoms with E-state index in [1.807, 2.05) is 13.8 Å². The number of nitrogens with zero attached hydrogens (tertiary/aromatic N) is 1. The van der Waals surface area contributed by atoms with Crippen molar-refractivity contribution < 1.29 is 4.39 Å². The SMILES string of the molecule is Cc1nc(C)c(CNc2ccc(Cl)c(F)c2)s1. The summed E-state index contributed by atoms with van der Waals surface area (Å²) in [6.45, 7) is 4.60. The van der Waals surface area contributed by atoms with Gasteiger partial charge in [-0.2, -0.15) is 0 Å². The zero-order chi connectivity index (χ0) is 12.4. The fourth-order valence-corrected chi connectivity index (χ4v) is 2.52. The van der Waals surface area contributed by atoms with E-state index in [1.54, 1.807) is 23.5 Å². The Balaban J connectivity index is 2.07. The van der Waals surface area contributed by atoms with Gasteiger partial charge in [0.25, 0.3) is 0 Å². The van der Waals surface area contributed by atoms with Gasteiger partial charge in [-0.1, -0.05) is 11.6 Å². The van der Waals surface area contributed by atoms with E-state index in [2.05, 4.69) is 10.3 Å². The van der Waals surface area contributed by atoms with Gasteiger partial charge in [-0.3, -0.25) is 0 Å². The molecule has 0 bridgehead atoms. The molecule has 1 N–H and O–H groups in total. The minimum Gasteiger partial charge on any atom is -0.380 e. The Labute approximate surface area is 108 Å². The minimum absolute atomic E-state index is 0.139. The first-order valence-corrected chi connectivity index (χ1v) is 6.37. The van der Waals surface area contributed by atoms with E-state index in [9.17, 15) is 4.39 Å². The average molecular weight is 271 g/mol. The Morgan fingerprint density at radius 3 is 2.76 bits per heavy atom. The lowest BCUT2D eigenvalue weighted by molar-refractivity contribution is 0.628. The molecular weight excluding hydrogens is 259 g/mol. The molecule has 0 aliphatic heterocycles. The quantitative estimate of drug-likeness (QED) is 0.906. The molecule has 90 valence electrons. The number of aromatic nitrogens is 1. The van der Waals surface area contributed by atoms with Crippen molar-refractivity contribution in [2.75, 3.05) is 5.32 Å². The molecule has 0 saturated heterocycles. The van der Waals surface area contributed by atoms with Crippen molar-refractivity contribution in [3.8, 4) is 0 Å². The molecule has 0 radical (unpaired) electrons. The van der Waals surface area contributed by atoms with E-state index >= 15 is 0 Å². The van der Waals surface area contributed by atoms with Crippen LogP contribution in [0.4, 0.5) is 10.1 Å². The standard InChI is InChI=1S/C12H12ClFN2S/c1-7-12(17-8(2)16-7)6-15-9-3-4-10(13)11(14)5-9/h3-5,15H,6H2,1-2H3. The van der Waals surface area contributed by atoms with Crippen LogP contribution in [0.25, 0.3) is 0 Å². The fourth-order valence-electron chi connectivity index (χ4n) is 1.53. The summed E-state index contributed by atoms with van der Waals surface area (Å²) in [5.74, 6) is -0.408. The van der Waals surface area contributed by atoms with E-state index in [0.717, 1.165) is 21.3 Å².